The lowest BCUT2D eigenvalue weighted by Crippen LogP contribution is -2.30. The number of amidine groups is 1. The van der Waals surface area contributed by atoms with E-state index in [1.54, 1.807) is 26.0 Å². The van der Waals surface area contributed by atoms with E-state index in [-0.39, 0.29) is 16.7 Å². The molecule has 0 atom stereocenters. The molecule has 1 rings (SSSR count). The summed E-state index contributed by atoms with van der Waals surface area (Å²) in [6.07, 6.45) is 1.56. The lowest BCUT2D eigenvalue weighted by atomic mass is 10.2. The highest BCUT2D eigenvalue weighted by Crippen LogP contribution is 2.16. The fourth-order valence-corrected chi connectivity index (χ4v) is 1.66. The summed E-state index contributed by atoms with van der Waals surface area (Å²) in [5.74, 6) is -0.188. The van der Waals surface area contributed by atoms with E-state index in [9.17, 15) is 9.18 Å². The van der Waals surface area contributed by atoms with Crippen LogP contribution < -0.4 is 5.32 Å². The van der Waals surface area contributed by atoms with Crippen LogP contribution in [0.2, 0.25) is 5.02 Å². The van der Waals surface area contributed by atoms with Crippen LogP contribution in [0.5, 0.6) is 0 Å². The van der Waals surface area contributed by atoms with Gasteiger partial charge in [-0.1, -0.05) is 17.7 Å². The Labute approximate surface area is 122 Å². The second kappa shape index (κ2) is 7.65. The van der Waals surface area contributed by atoms with Crippen LogP contribution >= 0.6 is 11.6 Å². The number of aliphatic imine (C=N–C) groups is 1. The zero-order valence-electron chi connectivity index (χ0n) is 11.5. The average molecular weight is 299 g/mol. The SMILES string of the molecule is C/C=C(/OC)C(=O)NC(C)=NCc1ccc(F)c(Cl)c1. The van der Waals surface area contributed by atoms with Gasteiger partial charge < -0.3 is 10.1 Å². The molecule has 0 aliphatic carbocycles. The molecule has 0 saturated heterocycles. The summed E-state index contributed by atoms with van der Waals surface area (Å²) < 4.78 is 17.9. The van der Waals surface area contributed by atoms with Crippen LogP contribution in [-0.4, -0.2) is 18.9 Å². The molecule has 1 N–H and O–H groups in total. The molecule has 1 aromatic rings. The molecule has 1 aromatic carbocycles. The van der Waals surface area contributed by atoms with E-state index in [4.69, 9.17) is 16.3 Å². The van der Waals surface area contributed by atoms with E-state index < -0.39 is 5.82 Å². The van der Waals surface area contributed by atoms with Gasteiger partial charge in [-0.05, 0) is 37.6 Å². The molecular weight excluding hydrogens is 283 g/mol. The van der Waals surface area contributed by atoms with Crippen molar-refractivity contribution in [2.75, 3.05) is 7.11 Å². The van der Waals surface area contributed by atoms with Crippen molar-refractivity contribution in [1.29, 1.82) is 0 Å². The summed E-state index contributed by atoms with van der Waals surface area (Å²) in [4.78, 5) is 15.8. The van der Waals surface area contributed by atoms with E-state index in [0.29, 0.717) is 12.4 Å². The maximum absolute atomic E-state index is 13.0. The Morgan fingerprint density at radius 1 is 1.55 bits per heavy atom. The number of amides is 1. The Morgan fingerprint density at radius 3 is 2.80 bits per heavy atom. The standard InChI is InChI=1S/C14H16ClFN2O2/c1-4-13(20-3)14(19)18-9(2)17-8-10-5-6-12(16)11(15)7-10/h4-7H,8H2,1-3H3,(H,17,18,19)/b13-4+. The third-order valence-electron chi connectivity index (χ3n) is 2.48. The normalized spacial score (nSPS) is 12.2. The first-order valence-electron chi connectivity index (χ1n) is 5.94. The minimum absolute atomic E-state index is 0.0509. The highest BCUT2D eigenvalue weighted by molar-refractivity contribution is 6.30. The lowest BCUT2D eigenvalue weighted by Gasteiger charge is -2.07. The molecule has 0 fully saturated rings. The van der Waals surface area contributed by atoms with Crippen molar-refractivity contribution in [1.82, 2.24) is 5.32 Å². The van der Waals surface area contributed by atoms with Crippen LogP contribution in [0, 0.1) is 5.82 Å². The molecule has 1 amide bonds. The highest BCUT2D eigenvalue weighted by atomic mass is 35.5. The zero-order valence-corrected chi connectivity index (χ0v) is 12.3. The summed E-state index contributed by atoms with van der Waals surface area (Å²) in [6.45, 7) is 3.65. The predicted octanol–water partition coefficient (Wildman–Crippen LogP) is 3.06. The molecule has 0 heterocycles. The molecule has 0 aliphatic rings. The molecule has 0 spiro atoms. The Hall–Kier alpha value is -1.88. The summed E-state index contributed by atoms with van der Waals surface area (Å²) >= 11 is 5.68. The number of carbonyl (C=O) groups excluding carboxylic acids is 1. The number of benzene rings is 1. The maximum Gasteiger partial charge on any atom is 0.291 e. The topological polar surface area (TPSA) is 50.7 Å². The van der Waals surface area contributed by atoms with Crippen LogP contribution in [0.4, 0.5) is 4.39 Å². The van der Waals surface area contributed by atoms with Crippen molar-refractivity contribution in [2.45, 2.75) is 20.4 Å². The van der Waals surface area contributed by atoms with Crippen molar-refractivity contribution in [3.05, 3.63) is 46.4 Å². The minimum atomic E-state index is -0.470. The lowest BCUT2D eigenvalue weighted by molar-refractivity contribution is -0.119. The van der Waals surface area contributed by atoms with Gasteiger partial charge >= 0.3 is 0 Å². The number of nitrogens with zero attached hydrogens (tertiary/aromatic N) is 1. The minimum Gasteiger partial charge on any atom is -0.491 e. The van der Waals surface area contributed by atoms with E-state index in [0.717, 1.165) is 5.56 Å². The van der Waals surface area contributed by atoms with E-state index in [1.807, 2.05) is 0 Å². The van der Waals surface area contributed by atoms with Gasteiger partial charge in [0.25, 0.3) is 5.91 Å². The number of allylic oxidation sites excluding steroid dienone is 1. The highest BCUT2D eigenvalue weighted by Gasteiger charge is 2.08. The van der Waals surface area contributed by atoms with Crippen LogP contribution in [0.3, 0.4) is 0 Å². The molecule has 108 valence electrons. The molecule has 0 radical (unpaired) electrons. The van der Waals surface area contributed by atoms with Crippen LogP contribution in [-0.2, 0) is 16.1 Å². The van der Waals surface area contributed by atoms with Crippen molar-refractivity contribution in [3.8, 4) is 0 Å². The summed E-state index contributed by atoms with van der Waals surface area (Å²) in [6, 6.07) is 4.37. The second-order valence-corrected chi connectivity index (χ2v) is 4.37. The van der Waals surface area contributed by atoms with Gasteiger partial charge in [0.1, 0.15) is 11.7 Å². The van der Waals surface area contributed by atoms with Crippen LogP contribution in [0.25, 0.3) is 0 Å². The van der Waals surface area contributed by atoms with Crippen LogP contribution in [0.15, 0.2) is 35.0 Å². The Morgan fingerprint density at radius 2 is 2.25 bits per heavy atom. The molecule has 0 aromatic heterocycles. The van der Waals surface area contributed by atoms with Crippen molar-refractivity contribution in [3.63, 3.8) is 0 Å². The number of carbonyl (C=O) groups is 1. The third-order valence-corrected chi connectivity index (χ3v) is 2.77. The monoisotopic (exact) mass is 298 g/mol. The average Bonchev–Trinajstić information content (AvgIpc) is 2.41. The van der Waals surface area contributed by atoms with Gasteiger partial charge in [-0.2, -0.15) is 0 Å². The smallest absolute Gasteiger partial charge is 0.291 e. The van der Waals surface area contributed by atoms with E-state index >= 15 is 0 Å². The molecule has 6 heteroatoms. The number of hydrogen-bond acceptors (Lipinski definition) is 3. The fraction of sp³-hybridized carbons (Fsp3) is 0.286. The number of methoxy groups -OCH3 is 1. The van der Waals surface area contributed by atoms with Crippen molar-refractivity contribution >= 4 is 23.3 Å². The quantitative estimate of drug-likeness (QED) is 0.402. The first-order valence-corrected chi connectivity index (χ1v) is 6.32. The van der Waals surface area contributed by atoms with Gasteiger partial charge in [0.15, 0.2) is 5.76 Å². The number of hydrogen-bond donors (Lipinski definition) is 1. The summed E-state index contributed by atoms with van der Waals surface area (Å²) in [5.41, 5.74) is 0.753. The molecular formula is C14H16ClFN2O2. The van der Waals surface area contributed by atoms with Gasteiger partial charge in [-0.3, -0.25) is 9.79 Å². The van der Waals surface area contributed by atoms with E-state index in [1.165, 1.54) is 19.2 Å². The second-order valence-electron chi connectivity index (χ2n) is 3.96. The molecule has 0 saturated carbocycles. The molecule has 0 aliphatic heterocycles. The Bertz CT molecular complexity index is 556. The third kappa shape index (κ3) is 4.66. The summed E-state index contributed by atoms with van der Waals surface area (Å²) in [5, 5.41) is 2.64. The van der Waals surface area contributed by atoms with Gasteiger partial charge in [0, 0.05) is 0 Å². The molecule has 0 unspecified atom stereocenters. The molecule has 20 heavy (non-hydrogen) atoms. The number of nitrogens with one attached hydrogen (secondary N) is 1. The molecule has 4 nitrogen and oxygen atoms in total. The van der Waals surface area contributed by atoms with Gasteiger partial charge in [-0.25, -0.2) is 4.39 Å². The van der Waals surface area contributed by atoms with Gasteiger partial charge in [0.05, 0.1) is 18.7 Å². The van der Waals surface area contributed by atoms with Gasteiger partial charge in [-0.15, -0.1) is 0 Å². The van der Waals surface area contributed by atoms with Crippen LogP contribution in [0.1, 0.15) is 19.4 Å². The van der Waals surface area contributed by atoms with Crippen molar-refractivity contribution < 1.29 is 13.9 Å². The fourth-order valence-electron chi connectivity index (χ4n) is 1.45. The predicted molar refractivity (Wildman–Crippen MR) is 77.1 cm³/mol. The number of rotatable bonds is 4. The largest absolute Gasteiger partial charge is 0.491 e. The first-order chi connectivity index (χ1) is 9.47. The Kier molecular flexibility index (Phi) is 6.18. The summed E-state index contributed by atoms with van der Waals surface area (Å²) in [7, 11) is 1.42. The van der Waals surface area contributed by atoms with E-state index in [2.05, 4.69) is 10.3 Å². The van der Waals surface area contributed by atoms with Gasteiger partial charge in [0.2, 0.25) is 0 Å². The molecule has 0 bridgehead atoms. The number of ether oxygens (including phenoxy) is 1. The maximum atomic E-state index is 13.0. The first kappa shape index (κ1) is 16.2. The van der Waals surface area contributed by atoms with Crippen molar-refractivity contribution in [2.24, 2.45) is 4.99 Å². The zero-order chi connectivity index (χ0) is 15.1. The Balaban J connectivity index is 2.66. The number of halogens is 2.